The van der Waals surface area contributed by atoms with Crippen LogP contribution in [0.15, 0.2) is 12.3 Å². The van der Waals surface area contributed by atoms with Crippen LogP contribution in [-0.4, -0.2) is 34.3 Å². The Morgan fingerprint density at radius 1 is 1.50 bits per heavy atom. The molecule has 1 saturated heterocycles. The first-order valence-electron chi connectivity index (χ1n) is 6.14. The number of aromatic nitrogens is 2. The van der Waals surface area contributed by atoms with E-state index in [4.69, 9.17) is 5.73 Å². The summed E-state index contributed by atoms with van der Waals surface area (Å²) < 4.78 is 1.97. The zero-order chi connectivity index (χ0) is 11.5. The molecule has 1 unspecified atom stereocenters. The van der Waals surface area contributed by atoms with E-state index in [1.54, 1.807) is 0 Å². The lowest BCUT2D eigenvalue weighted by molar-refractivity contribution is 0.139. The molecule has 2 rings (SSSR count). The third kappa shape index (κ3) is 2.28. The maximum atomic E-state index is 5.71. The minimum atomic E-state index is 0.464. The molecule has 0 radical (unpaired) electrons. The molecule has 1 atom stereocenters. The van der Waals surface area contributed by atoms with Gasteiger partial charge in [-0.1, -0.05) is 0 Å². The molecule has 16 heavy (non-hydrogen) atoms. The Morgan fingerprint density at radius 2 is 2.19 bits per heavy atom. The van der Waals surface area contributed by atoms with E-state index < -0.39 is 0 Å². The lowest BCUT2D eigenvalue weighted by atomic mass is 9.96. The average Bonchev–Trinajstić information content (AvgIpc) is 2.75. The van der Waals surface area contributed by atoms with Gasteiger partial charge < -0.3 is 5.73 Å². The Morgan fingerprint density at radius 3 is 2.69 bits per heavy atom. The number of likely N-dealkylation sites (tertiary alicyclic amines) is 1. The van der Waals surface area contributed by atoms with Gasteiger partial charge in [0.15, 0.2) is 0 Å². The second-order valence-electron chi connectivity index (χ2n) is 4.77. The van der Waals surface area contributed by atoms with Gasteiger partial charge in [-0.2, -0.15) is 5.10 Å². The van der Waals surface area contributed by atoms with Crippen molar-refractivity contribution in [3.8, 4) is 0 Å². The molecular weight excluding hydrogens is 200 g/mol. The Balaban J connectivity index is 1.97. The molecule has 1 fully saturated rings. The second kappa shape index (κ2) is 4.97. The highest BCUT2D eigenvalue weighted by Crippen LogP contribution is 2.25. The van der Waals surface area contributed by atoms with Crippen LogP contribution in [0.4, 0.5) is 0 Å². The molecule has 1 aromatic rings. The minimum Gasteiger partial charge on any atom is -0.330 e. The van der Waals surface area contributed by atoms with Crippen LogP contribution >= 0.6 is 0 Å². The summed E-state index contributed by atoms with van der Waals surface area (Å²) in [6.45, 7) is 5.43. The summed E-state index contributed by atoms with van der Waals surface area (Å²) in [5.41, 5.74) is 7.01. The molecule has 2 N–H and O–H groups in total. The molecule has 0 spiro atoms. The fourth-order valence-corrected chi connectivity index (χ4v) is 2.56. The lowest BCUT2D eigenvalue weighted by Gasteiger charge is -2.35. The van der Waals surface area contributed by atoms with E-state index in [1.165, 1.54) is 18.5 Å². The molecule has 90 valence electrons. The van der Waals surface area contributed by atoms with Gasteiger partial charge in [-0.3, -0.25) is 9.58 Å². The summed E-state index contributed by atoms with van der Waals surface area (Å²) >= 11 is 0. The third-order valence-corrected chi connectivity index (χ3v) is 3.82. The first-order valence-corrected chi connectivity index (χ1v) is 6.14. The number of hydrogen-bond acceptors (Lipinski definition) is 3. The fourth-order valence-electron chi connectivity index (χ4n) is 2.56. The highest BCUT2D eigenvalue weighted by molar-refractivity contribution is 5.06. The van der Waals surface area contributed by atoms with Crippen LogP contribution in [0.5, 0.6) is 0 Å². The van der Waals surface area contributed by atoms with Gasteiger partial charge >= 0.3 is 0 Å². The number of aryl methyl sites for hydroxylation is 1. The van der Waals surface area contributed by atoms with Crippen molar-refractivity contribution in [3.63, 3.8) is 0 Å². The number of nitrogens with zero attached hydrogens (tertiary/aromatic N) is 3. The van der Waals surface area contributed by atoms with Crippen molar-refractivity contribution in [1.82, 2.24) is 14.7 Å². The van der Waals surface area contributed by atoms with Gasteiger partial charge in [-0.05, 0) is 51.4 Å². The van der Waals surface area contributed by atoms with Crippen LogP contribution < -0.4 is 5.73 Å². The van der Waals surface area contributed by atoms with Crippen molar-refractivity contribution < 1.29 is 0 Å². The molecule has 0 bridgehead atoms. The van der Waals surface area contributed by atoms with Crippen molar-refractivity contribution in [3.05, 3.63) is 18.0 Å². The molecule has 0 aromatic carbocycles. The predicted molar refractivity (Wildman–Crippen MR) is 65.0 cm³/mol. The fraction of sp³-hybridized carbons (Fsp3) is 0.750. The van der Waals surface area contributed by atoms with Crippen LogP contribution in [-0.2, 0) is 7.05 Å². The Kier molecular flexibility index (Phi) is 3.61. The quantitative estimate of drug-likeness (QED) is 0.834. The number of piperidine rings is 1. The van der Waals surface area contributed by atoms with E-state index in [-0.39, 0.29) is 0 Å². The molecule has 2 heterocycles. The minimum absolute atomic E-state index is 0.464. The van der Waals surface area contributed by atoms with Gasteiger partial charge in [-0.25, -0.2) is 0 Å². The monoisotopic (exact) mass is 222 g/mol. The summed E-state index contributed by atoms with van der Waals surface area (Å²) in [5.74, 6) is 0.731. The van der Waals surface area contributed by atoms with Crippen LogP contribution in [0.25, 0.3) is 0 Å². The van der Waals surface area contributed by atoms with Gasteiger partial charge in [0.05, 0.1) is 5.69 Å². The Labute approximate surface area is 97.4 Å². The van der Waals surface area contributed by atoms with Gasteiger partial charge in [0.1, 0.15) is 0 Å². The second-order valence-corrected chi connectivity index (χ2v) is 4.77. The molecule has 0 saturated carbocycles. The number of nitrogens with two attached hydrogens (primary N) is 1. The van der Waals surface area contributed by atoms with Crippen LogP contribution in [0.2, 0.25) is 0 Å². The highest BCUT2D eigenvalue weighted by Gasteiger charge is 2.23. The van der Waals surface area contributed by atoms with Crippen LogP contribution in [0.1, 0.15) is 31.5 Å². The highest BCUT2D eigenvalue weighted by atomic mass is 15.3. The normalized spacial score (nSPS) is 21.2. The Hall–Kier alpha value is -0.870. The summed E-state index contributed by atoms with van der Waals surface area (Å²) in [4.78, 5) is 2.53. The number of rotatable bonds is 3. The van der Waals surface area contributed by atoms with Crippen molar-refractivity contribution in [1.29, 1.82) is 0 Å². The van der Waals surface area contributed by atoms with E-state index in [9.17, 15) is 0 Å². The van der Waals surface area contributed by atoms with Gasteiger partial charge in [0.2, 0.25) is 0 Å². The van der Waals surface area contributed by atoms with Crippen molar-refractivity contribution >= 4 is 0 Å². The summed E-state index contributed by atoms with van der Waals surface area (Å²) in [7, 11) is 2.01. The maximum absolute atomic E-state index is 5.71. The molecule has 1 aromatic heterocycles. The lowest BCUT2D eigenvalue weighted by Crippen LogP contribution is -2.38. The SMILES string of the molecule is CC(c1ccnn1C)N1CCC(CN)CC1. The van der Waals surface area contributed by atoms with Gasteiger partial charge in [0, 0.05) is 19.3 Å². The van der Waals surface area contributed by atoms with Crippen molar-refractivity contribution in [2.24, 2.45) is 18.7 Å². The zero-order valence-electron chi connectivity index (χ0n) is 10.3. The zero-order valence-corrected chi connectivity index (χ0v) is 10.3. The molecule has 1 aliphatic heterocycles. The molecule has 4 nitrogen and oxygen atoms in total. The van der Waals surface area contributed by atoms with Crippen LogP contribution in [0, 0.1) is 5.92 Å². The Bertz CT molecular complexity index is 326. The van der Waals surface area contributed by atoms with Crippen LogP contribution in [0.3, 0.4) is 0 Å². The summed E-state index contributed by atoms with van der Waals surface area (Å²) in [6.07, 6.45) is 4.34. The third-order valence-electron chi connectivity index (χ3n) is 3.82. The largest absolute Gasteiger partial charge is 0.330 e. The van der Waals surface area contributed by atoms with E-state index >= 15 is 0 Å². The molecule has 0 aliphatic carbocycles. The van der Waals surface area contributed by atoms with Gasteiger partial charge in [-0.15, -0.1) is 0 Å². The number of hydrogen-bond donors (Lipinski definition) is 1. The van der Waals surface area contributed by atoms with E-state index in [0.717, 1.165) is 25.6 Å². The average molecular weight is 222 g/mol. The van der Waals surface area contributed by atoms with Crippen molar-refractivity contribution in [2.75, 3.05) is 19.6 Å². The molecule has 4 heteroatoms. The first-order chi connectivity index (χ1) is 7.72. The molecular formula is C12H22N4. The topological polar surface area (TPSA) is 47.1 Å². The molecule has 1 aliphatic rings. The standard InChI is InChI=1S/C12H22N4/c1-10(12-3-6-14-15(12)2)16-7-4-11(9-13)5-8-16/h3,6,10-11H,4-5,7-9,13H2,1-2H3. The van der Waals surface area contributed by atoms with E-state index in [0.29, 0.717) is 6.04 Å². The molecule has 0 amide bonds. The maximum Gasteiger partial charge on any atom is 0.0549 e. The summed E-state index contributed by atoms with van der Waals surface area (Å²) in [5, 5.41) is 4.23. The van der Waals surface area contributed by atoms with Gasteiger partial charge in [0.25, 0.3) is 0 Å². The first kappa shape index (κ1) is 11.6. The summed E-state index contributed by atoms with van der Waals surface area (Å²) in [6, 6.07) is 2.57. The van der Waals surface area contributed by atoms with E-state index in [2.05, 4.69) is 23.0 Å². The van der Waals surface area contributed by atoms with E-state index in [1.807, 2.05) is 17.9 Å². The van der Waals surface area contributed by atoms with Crippen molar-refractivity contribution in [2.45, 2.75) is 25.8 Å². The predicted octanol–water partition coefficient (Wildman–Crippen LogP) is 1.15. The smallest absolute Gasteiger partial charge is 0.0549 e.